The second-order valence-corrected chi connectivity index (χ2v) is 12.2. The smallest absolute Gasteiger partial charge is 0.422 e. The van der Waals surface area contributed by atoms with E-state index in [1.807, 2.05) is 13.8 Å². The zero-order valence-electron chi connectivity index (χ0n) is 22.8. The lowest BCUT2D eigenvalue weighted by Crippen LogP contribution is -2.58. The first kappa shape index (κ1) is 42.7. The first-order chi connectivity index (χ1) is 16.4. The fourth-order valence-corrected chi connectivity index (χ4v) is 5.44. The highest BCUT2D eigenvalue weighted by Crippen LogP contribution is 2.59. The van der Waals surface area contributed by atoms with Crippen LogP contribution in [0.3, 0.4) is 0 Å². The van der Waals surface area contributed by atoms with Crippen LogP contribution >= 0.6 is 0 Å². The molecule has 4 aliphatic carbocycles. The van der Waals surface area contributed by atoms with Crippen LogP contribution in [0.25, 0.3) is 0 Å². The number of carbonyl (C=O) groups excluding carboxylic acids is 3. The minimum absolute atomic E-state index is 0. The number of alkyl halides is 3. The summed E-state index contributed by atoms with van der Waals surface area (Å²) in [6, 6.07) is 0. The molecule has 0 saturated heterocycles. The van der Waals surface area contributed by atoms with Gasteiger partial charge in [-0.25, -0.2) is 4.79 Å². The number of esters is 3. The van der Waals surface area contributed by atoms with Crippen molar-refractivity contribution in [1.29, 1.82) is 0 Å². The van der Waals surface area contributed by atoms with Crippen molar-refractivity contribution in [2.24, 2.45) is 34.5 Å². The molecule has 4 aliphatic rings. The lowest BCUT2D eigenvalue weighted by atomic mass is 9.50. The van der Waals surface area contributed by atoms with E-state index in [0.29, 0.717) is 18.3 Å². The summed E-state index contributed by atoms with van der Waals surface area (Å²) in [5, 5.41) is 0. The molecule has 0 aromatic carbocycles. The molecule has 0 spiro atoms. The van der Waals surface area contributed by atoms with Gasteiger partial charge in [0.05, 0.1) is 10.8 Å². The normalized spacial score (nSPS) is 26.2. The van der Waals surface area contributed by atoms with Crippen molar-refractivity contribution < 1.29 is 41.8 Å². The molecule has 4 saturated carbocycles. The third-order valence-electron chi connectivity index (χ3n) is 8.66. The highest BCUT2D eigenvalue weighted by molar-refractivity contribution is 5.79. The predicted octanol–water partition coefficient (Wildman–Crippen LogP) is 8.80. The van der Waals surface area contributed by atoms with Gasteiger partial charge >= 0.3 is 24.1 Å². The average molecular weight is 585 g/mol. The highest BCUT2D eigenvalue weighted by Gasteiger charge is 2.57. The standard InChI is InChI=1S/C17H28O2.C10H15F3O4.4CH4/c1-5-16(2,3)15(18)19-17(4)13-7-11-6-12(9-13)10-14(17)8-11;1-4-9(2,3)8(15)16-5-7(14)17-6-10(11,12)13;;;;/h11-14H,5-10H2,1-4H3;4-6H2,1-3H3;4*1H4. The Morgan fingerprint density at radius 2 is 1.12 bits per heavy atom. The molecule has 0 aromatic heterocycles. The van der Waals surface area contributed by atoms with Gasteiger partial charge in [0.15, 0.2) is 13.2 Å². The summed E-state index contributed by atoms with van der Waals surface area (Å²) < 4.78 is 49.6. The maximum absolute atomic E-state index is 12.5. The Labute approximate surface area is 242 Å². The van der Waals surface area contributed by atoms with Gasteiger partial charge in [0.1, 0.15) is 5.60 Å². The van der Waals surface area contributed by atoms with Gasteiger partial charge in [-0.15, -0.1) is 0 Å². The van der Waals surface area contributed by atoms with Crippen LogP contribution in [0.5, 0.6) is 0 Å². The summed E-state index contributed by atoms with van der Waals surface area (Å²) in [5.74, 6) is 1.25. The molecule has 4 rings (SSSR count). The largest absolute Gasteiger partial charge is 0.458 e. The van der Waals surface area contributed by atoms with Gasteiger partial charge in [0, 0.05) is 0 Å². The second kappa shape index (κ2) is 16.0. The van der Waals surface area contributed by atoms with Crippen LogP contribution in [0.2, 0.25) is 0 Å². The molecule has 0 unspecified atom stereocenters. The molecule has 0 atom stereocenters. The van der Waals surface area contributed by atoms with Crippen LogP contribution < -0.4 is 0 Å². The third kappa shape index (κ3) is 10.9. The van der Waals surface area contributed by atoms with E-state index in [1.165, 1.54) is 32.1 Å². The Hall–Kier alpha value is -1.80. The molecule has 0 aliphatic heterocycles. The zero-order chi connectivity index (χ0) is 27.5. The number of hydrogen-bond donors (Lipinski definition) is 0. The third-order valence-corrected chi connectivity index (χ3v) is 8.66. The van der Waals surface area contributed by atoms with E-state index >= 15 is 0 Å². The summed E-state index contributed by atoms with van der Waals surface area (Å²) in [5.41, 5.74) is -1.28. The van der Waals surface area contributed by atoms with E-state index in [0.717, 1.165) is 18.3 Å². The van der Waals surface area contributed by atoms with E-state index in [9.17, 15) is 27.6 Å². The summed E-state index contributed by atoms with van der Waals surface area (Å²) in [4.78, 5) is 34.6. The van der Waals surface area contributed by atoms with E-state index in [4.69, 9.17) is 4.74 Å². The Morgan fingerprint density at radius 1 is 0.725 bits per heavy atom. The fourth-order valence-electron chi connectivity index (χ4n) is 5.44. The number of ether oxygens (including phenoxy) is 3. The fraction of sp³-hybridized carbons (Fsp3) is 0.903. The van der Waals surface area contributed by atoms with Gasteiger partial charge in [-0.1, -0.05) is 43.6 Å². The quantitative estimate of drug-likeness (QED) is 0.210. The van der Waals surface area contributed by atoms with Gasteiger partial charge in [0.25, 0.3) is 0 Å². The number of rotatable bonds is 8. The maximum atomic E-state index is 12.5. The van der Waals surface area contributed by atoms with Gasteiger partial charge < -0.3 is 14.2 Å². The Kier molecular flexibility index (Phi) is 17.1. The first-order valence-electron chi connectivity index (χ1n) is 13.1. The molecular formula is C31H59F3O6. The summed E-state index contributed by atoms with van der Waals surface area (Å²) >= 11 is 0. The molecule has 0 amide bonds. The van der Waals surface area contributed by atoms with Crippen LogP contribution in [0, 0.1) is 34.5 Å². The zero-order valence-corrected chi connectivity index (χ0v) is 22.8. The lowest BCUT2D eigenvalue weighted by molar-refractivity contribution is -0.211. The molecule has 6 nitrogen and oxygen atoms in total. The molecular weight excluding hydrogens is 525 g/mol. The van der Waals surface area contributed by atoms with Crippen molar-refractivity contribution >= 4 is 17.9 Å². The minimum atomic E-state index is -4.58. The Morgan fingerprint density at radius 3 is 1.50 bits per heavy atom. The molecule has 0 aromatic rings. The molecule has 240 valence electrons. The van der Waals surface area contributed by atoms with Gasteiger partial charge in [-0.3, -0.25) is 9.59 Å². The van der Waals surface area contributed by atoms with Gasteiger partial charge in [0.2, 0.25) is 0 Å². The predicted molar refractivity (Wildman–Crippen MR) is 155 cm³/mol. The van der Waals surface area contributed by atoms with E-state index in [2.05, 4.69) is 23.3 Å². The number of carbonyl (C=O) groups is 3. The van der Waals surface area contributed by atoms with E-state index in [-0.39, 0.29) is 46.7 Å². The number of halogens is 3. The summed E-state index contributed by atoms with van der Waals surface area (Å²) in [7, 11) is 0. The van der Waals surface area contributed by atoms with Crippen LogP contribution in [0.1, 0.15) is 123 Å². The summed E-state index contributed by atoms with van der Waals surface area (Å²) in [6.45, 7) is 10.8. The van der Waals surface area contributed by atoms with Crippen molar-refractivity contribution in [3.8, 4) is 0 Å². The molecule has 4 fully saturated rings. The Balaban J connectivity index is -0.000000627. The molecule has 0 radical (unpaired) electrons. The van der Waals surface area contributed by atoms with E-state index in [1.54, 1.807) is 20.8 Å². The van der Waals surface area contributed by atoms with Gasteiger partial charge in [-0.05, 0) is 103 Å². The Bertz CT molecular complexity index is 775. The van der Waals surface area contributed by atoms with Crippen molar-refractivity contribution in [2.45, 2.75) is 135 Å². The molecule has 4 bridgehead atoms. The van der Waals surface area contributed by atoms with Crippen LogP contribution in [-0.2, 0) is 28.6 Å². The van der Waals surface area contributed by atoms with Crippen LogP contribution in [0.4, 0.5) is 13.2 Å². The summed E-state index contributed by atoms with van der Waals surface area (Å²) in [6.07, 6.45) is 3.38. The van der Waals surface area contributed by atoms with Crippen molar-refractivity contribution in [1.82, 2.24) is 0 Å². The molecule has 0 heterocycles. The molecule has 0 N–H and O–H groups in total. The highest BCUT2D eigenvalue weighted by atomic mass is 19.4. The monoisotopic (exact) mass is 584 g/mol. The van der Waals surface area contributed by atoms with Crippen molar-refractivity contribution in [3.05, 3.63) is 0 Å². The van der Waals surface area contributed by atoms with Gasteiger partial charge in [-0.2, -0.15) is 13.2 Å². The SMILES string of the molecule is C.C.C.C.CCC(C)(C)C(=O)OC1(C)C2CC3CC(C2)CC1C3.CCC(C)(C)C(=O)OCC(=O)OCC(F)(F)F. The first-order valence-corrected chi connectivity index (χ1v) is 13.1. The second-order valence-electron chi connectivity index (χ2n) is 12.2. The topological polar surface area (TPSA) is 78.9 Å². The van der Waals surface area contributed by atoms with E-state index < -0.39 is 36.7 Å². The van der Waals surface area contributed by atoms with Crippen molar-refractivity contribution in [2.75, 3.05) is 13.2 Å². The van der Waals surface area contributed by atoms with Crippen LogP contribution in [-0.4, -0.2) is 42.9 Å². The maximum Gasteiger partial charge on any atom is 0.422 e. The lowest BCUT2D eigenvalue weighted by Gasteiger charge is -2.59. The minimum Gasteiger partial charge on any atom is -0.458 e. The number of hydrogen-bond acceptors (Lipinski definition) is 6. The van der Waals surface area contributed by atoms with Crippen molar-refractivity contribution in [3.63, 3.8) is 0 Å². The van der Waals surface area contributed by atoms with Crippen LogP contribution in [0.15, 0.2) is 0 Å². The molecule has 40 heavy (non-hydrogen) atoms. The average Bonchev–Trinajstić information content (AvgIpc) is 2.79. The molecule has 9 heteroatoms.